The first-order valence-corrected chi connectivity index (χ1v) is 6.58. The third kappa shape index (κ3) is 6.64. The van der Waals surface area contributed by atoms with Crippen molar-refractivity contribution in [2.45, 2.75) is 40.2 Å². The van der Waals surface area contributed by atoms with Gasteiger partial charge in [-0.05, 0) is 39.8 Å². The molecule has 0 radical (unpaired) electrons. The maximum atomic E-state index is 11.8. The number of nitrogens with one attached hydrogen (secondary N) is 1. The van der Waals surface area contributed by atoms with Gasteiger partial charge >= 0.3 is 0 Å². The smallest absolute Gasteiger partial charge is 0.224 e. The van der Waals surface area contributed by atoms with Crippen molar-refractivity contribution in [1.29, 1.82) is 0 Å². The van der Waals surface area contributed by atoms with Gasteiger partial charge in [-0.2, -0.15) is 0 Å². The van der Waals surface area contributed by atoms with E-state index in [9.17, 15) is 4.79 Å². The van der Waals surface area contributed by atoms with Crippen LogP contribution in [0.2, 0.25) is 0 Å². The molecule has 0 aliphatic heterocycles. The van der Waals surface area contributed by atoms with E-state index in [0.29, 0.717) is 18.5 Å². The minimum Gasteiger partial charge on any atom is -0.356 e. The number of nitrogens with two attached hydrogens (primary N) is 1. The maximum absolute atomic E-state index is 11.8. The summed E-state index contributed by atoms with van der Waals surface area (Å²) in [5, 5.41) is 2.96. The number of carbonyl (C=O) groups is 1. The van der Waals surface area contributed by atoms with Gasteiger partial charge in [0.25, 0.3) is 0 Å². The van der Waals surface area contributed by atoms with Gasteiger partial charge in [0.05, 0.1) is 5.92 Å². The van der Waals surface area contributed by atoms with Crippen LogP contribution < -0.4 is 11.1 Å². The fourth-order valence-corrected chi connectivity index (χ4v) is 1.61. The van der Waals surface area contributed by atoms with Gasteiger partial charge in [0.15, 0.2) is 0 Å². The molecule has 1 amide bonds. The third-order valence-corrected chi connectivity index (χ3v) is 3.26. The molecular weight excluding hydrogens is 214 g/mol. The molecule has 3 N–H and O–H groups in total. The average Bonchev–Trinajstić information content (AvgIpc) is 2.24. The fourth-order valence-electron chi connectivity index (χ4n) is 1.61. The van der Waals surface area contributed by atoms with Crippen molar-refractivity contribution in [1.82, 2.24) is 10.2 Å². The van der Waals surface area contributed by atoms with Crippen molar-refractivity contribution >= 4 is 5.91 Å². The first-order valence-electron chi connectivity index (χ1n) is 6.58. The van der Waals surface area contributed by atoms with E-state index in [-0.39, 0.29) is 11.8 Å². The molecule has 0 aromatic rings. The highest BCUT2D eigenvalue weighted by Crippen LogP contribution is 2.08. The van der Waals surface area contributed by atoms with Crippen LogP contribution in [-0.4, -0.2) is 43.5 Å². The zero-order chi connectivity index (χ0) is 13.4. The third-order valence-electron chi connectivity index (χ3n) is 3.26. The van der Waals surface area contributed by atoms with Gasteiger partial charge in [0.2, 0.25) is 5.91 Å². The predicted molar refractivity (Wildman–Crippen MR) is 72.8 cm³/mol. The highest BCUT2D eigenvalue weighted by Gasteiger charge is 2.19. The van der Waals surface area contributed by atoms with E-state index in [1.165, 1.54) is 0 Å². The second-order valence-corrected chi connectivity index (χ2v) is 5.31. The highest BCUT2D eigenvalue weighted by atomic mass is 16.1. The van der Waals surface area contributed by atoms with E-state index in [1.807, 2.05) is 13.8 Å². The molecule has 0 bridgehead atoms. The minimum absolute atomic E-state index is 0.0576. The van der Waals surface area contributed by atoms with Crippen LogP contribution in [0.4, 0.5) is 0 Å². The van der Waals surface area contributed by atoms with Crippen molar-refractivity contribution in [3.63, 3.8) is 0 Å². The second kappa shape index (κ2) is 8.48. The van der Waals surface area contributed by atoms with Crippen LogP contribution in [0.1, 0.15) is 34.1 Å². The Labute approximate surface area is 106 Å². The molecule has 102 valence electrons. The van der Waals surface area contributed by atoms with Crippen molar-refractivity contribution in [2.75, 3.05) is 26.7 Å². The van der Waals surface area contributed by atoms with E-state index in [4.69, 9.17) is 5.73 Å². The van der Waals surface area contributed by atoms with Crippen LogP contribution in [-0.2, 0) is 4.79 Å². The summed E-state index contributed by atoms with van der Waals surface area (Å²) in [7, 11) is 2.10. The van der Waals surface area contributed by atoms with Gasteiger partial charge in [0, 0.05) is 19.1 Å². The van der Waals surface area contributed by atoms with Gasteiger partial charge in [-0.1, -0.05) is 13.8 Å². The molecule has 4 nitrogen and oxygen atoms in total. The molecule has 0 fully saturated rings. The summed E-state index contributed by atoms with van der Waals surface area (Å²) < 4.78 is 0. The van der Waals surface area contributed by atoms with Gasteiger partial charge in [-0.25, -0.2) is 0 Å². The summed E-state index contributed by atoms with van der Waals surface area (Å²) in [6.45, 7) is 10.6. The Bertz CT molecular complexity index is 217. The van der Waals surface area contributed by atoms with Gasteiger partial charge in [-0.3, -0.25) is 4.79 Å². The first kappa shape index (κ1) is 16.4. The molecule has 0 aliphatic rings. The van der Waals surface area contributed by atoms with Crippen LogP contribution >= 0.6 is 0 Å². The molecular formula is C13H29N3O. The Balaban J connectivity index is 3.78. The number of rotatable bonds is 8. The summed E-state index contributed by atoms with van der Waals surface area (Å²) >= 11 is 0. The molecule has 0 saturated carbocycles. The highest BCUT2D eigenvalue weighted by molar-refractivity contribution is 5.79. The molecule has 1 unspecified atom stereocenters. The van der Waals surface area contributed by atoms with Crippen LogP contribution in [0.15, 0.2) is 0 Å². The Morgan fingerprint density at radius 2 is 1.88 bits per heavy atom. The Kier molecular flexibility index (Phi) is 8.17. The normalized spacial score (nSPS) is 13.5. The van der Waals surface area contributed by atoms with Crippen molar-refractivity contribution in [3.8, 4) is 0 Å². The Morgan fingerprint density at radius 1 is 1.29 bits per heavy atom. The predicted octanol–water partition coefficient (Wildman–Crippen LogP) is 1.06. The molecule has 1 atom stereocenters. The summed E-state index contributed by atoms with van der Waals surface area (Å²) in [6.07, 6.45) is 0.982. The standard InChI is InChI=1S/C13H29N3O/c1-10(2)12(9-14)13(17)15-7-6-8-16(5)11(3)4/h10-12H,6-9,14H2,1-5H3,(H,15,17). The molecule has 0 aromatic heterocycles. The zero-order valence-electron chi connectivity index (χ0n) is 12.0. The Hall–Kier alpha value is -0.610. The van der Waals surface area contributed by atoms with Crippen LogP contribution in [0.3, 0.4) is 0 Å². The lowest BCUT2D eigenvalue weighted by Gasteiger charge is -2.22. The van der Waals surface area contributed by atoms with Crippen LogP contribution in [0.25, 0.3) is 0 Å². The maximum Gasteiger partial charge on any atom is 0.224 e. The van der Waals surface area contributed by atoms with Crippen LogP contribution in [0, 0.1) is 11.8 Å². The SMILES string of the molecule is CC(C)C(CN)C(=O)NCCCN(C)C(C)C. The second-order valence-electron chi connectivity index (χ2n) is 5.31. The van der Waals surface area contributed by atoms with Gasteiger partial charge in [0.1, 0.15) is 0 Å². The molecule has 4 heteroatoms. The molecule has 17 heavy (non-hydrogen) atoms. The number of carbonyl (C=O) groups excluding carboxylic acids is 1. The topological polar surface area (TPSA) is 58.4 Å². The lowest BCUT2D eigenvalue weighted by Crippen LogP contribution is -2.39. The zero-order valence-corrected chi connectivity index (χ0v) is 12.0. The lowest BCUT2D eigenvalue weighted by atomic mass is 9.95. The average molecular weight is 243 g/mol. The molecule has 0 heterocycles. The largest absolute Gasteiger partial charge is 0.356 e. The number of nitrogens with zero attached hydrogens (tertiary/aromatic N) is 1. The van der Waals surface area contributed by atoms with E-state index in [0.717, 1.165) is 19.5 Å². The number of amides is 1. The van der Waals surface area contributed by atoms with Gasteiger partial charge < -0.3 is 16.0 Å². The summed E-state index contributed by atoms with van der Waals surface area (Å²) in [6, 6.07) is 0.554. The van der Waals surface area contributed by atoms with Gasteiger partial charge in [-0.15, -0.1) is 0 Å². The lowest BCUT2D eigenvalue weighted by molar-refractivity contribution is -0.125. The molecule has 0 aromatic carbocycles. The molecule has 0 saturated heterocycles. The van der Waals surface area contributed by atoms with Crippen molar-refractivity contribution < 1.29 is 4.79 Å². The van der Waals surface area contributed by atoms with Crippen LogP contribution in [0.5, 0.6) is 0 Å². The van der Waals surface area contributed by atoms with Crippen molar-refractivity contribution in [3.05, 3.63) is 0 Å². The van der Waals surface area contributed by atoms with E-state index >= 15 is 0 Å². The number of hydrogen-bond donors (Lipinski definition) is 2. The summed E-state index contributed by atoms with van der Waals surface area (Å²) in [5.74, 6) is 0.339. The fraction of sp³-hybridized carbons (Fsp3) is 0.923. The summed E-state index contributed by atoms with van der Waals surface area (Å²) in [4.78, 5) is 14.1. The first-order chi connectivity index (χ1) is 7.90. The van der Waals surface area contributed by atoms with E-state index in [2.05, 4.69) is 31.1 Å². The molecule has 0 rings (SSSR count). The van der Waals surface area contributed by atoms with E-state index in [1.54, 1.807) is 0 Å². The molecule has 0 spiro atoms. The van der Waals surface area contributed by atoms with Crippen molar-refractivity contribution in [2.24, 2.45) is 17.6 Å². The number of hydrogen-bond acceptors (Lipinski definition) is 3. The minimum atomic E-state index is -0.0576. The summed E-state index contributed by atoms with van der Waals surface area (Å²) in [5.41, 5.74) is 5.60. The monoisotopic (exact) mass is 243 g/mol. The van der Waals surface area contributed by atoms with E-state index < -0.39 is 0 Å². The molecule has 0 aliphatic carbocycles. The Morgan fingerprint density at radius 3 is 2.29 bits per heavy atom. The quantitative estimate of drug-likeness (QED) is 0.627.